The molecule has 4 N–H and O–H groups in total. The van der Waals surface area contributed by atoms with Gasteiger partial charge in [-0.05, 0) is 61.6 Å². The van der Waals surface area contributed by atoms with Gasteiger partial charge in [-0.2, -0.15) is 10.2 Å². The second-order valence-electron chi connectivity index (χ2n) is 13.1. The van der Waals surface area contributed by atoms with Crippen LogP contribution in [0.5, 0.6) is 11.5 Å². The Morgan fingerprint density at radius 1 is 0.981 bits per heavy atom. The average Bonchev–Trinajstić information content (AvgIpc) is 3.82. The third-order valence-electron chi connectivity index (χ3n) is 9.19. The van der Waals surface area contributed by atoms with E-state index in [2.05, 4.69) is 36.2 Å². The number of carbonyl (C=O) groups is 4. The quantitative estimate of drug-likeness (QED) is 0.209. The molecule has 53 heavy (non-hydrogen) atoms. The lowest BCUT2D eigenvalue weighted by atomic mass is 9.97. The molecule has 0 unspecified atom stereocenters. The van der Waals surface area contributed by atoms with Gasteiger partial charge in [-0.25, -0.2) is 9.67 Å². The van der Waals surface area contributed by atoms with Crippen molar-refractivity contribution in [2.24, 2.45) is 5.92 Å². The lowest BCUT2D eigenvalue weighted by Crippen LogP contribution is -2.51. The largest absolute Gasteiger partial charge is 0.493 e. The number of ether oxygens (including phenoxy) is 2. The Morgan fingerprint density at radius 3 is 2.51 bits per heavy atom. The predicted molar refractivity (Wildman–Crippen MR) is 195 cm³/mol. The molecule has 0 radical (unpaired) electrons. The van der Waals surface area contributed by atoms with Crippen LogP contribution >= 0.6 is 0 Å². The maximum absolute atomic E-state index is 13.7. The van der Waals surface area contributed by atoms with E-state index in [1.807, 2.05) is 32.0 Å². The molecule has 4 aromatic rings. The molecule has 1 aromatic carbocycles. The number of hydrogen-bond acceptors (Lipinski definition) is 10. The highest BCUT2D eigenvalue weighted by molar-refractivity contribution is 5.93. The van der Waals surface area contributed by atoms with Crippen LogP contribution in [0.25, 0.3) is 11.4 Å². The molecule has 5 rings (SSSR count). The van der Waals surface area contributed by atoms with Crippen LogP contribution < -0.4 is 25.4 Å². The molecular formula is C37H48N10O6. The Kier molecular flexibility index (Phi) is 13.1. The fourth-order valence-electron chi connectivity index (χ4n) is 6.09. The van der Waals surface area contributed by atoms with E-state index >= 15 is 0 Å². The van der Waals surface area contributed by atoms with Gasteiger partial charge in [-0.15, -0.1) is 0 Å². The van der Waals surface area contributed by atoms with E-state index in [9.17, 15) is 19.2 Å². The maximum Gasteiger partial charge on any atom is 0.271 e. The van der Waals surface area contributed by atoms with Crippen molar-refractivity contribution in [1.29, 1.82) is 0 Å². The third kappa shape index (κ3) is 9.96. The number of benzene rings is 1. The van der Waals surface area contributed by atoms with Gasteiger partial charge < -0.3 is 30.3 Å². The molecule has 1 aliphatic heterocycles. The molecule has 0 bridgehead atoms. The molecule has 3 aromatic heterocycles. The van der Waals surface area contributed by atoms with Gasteiger partial charge in [0.15, 0.2) is 17.3 Å². The summed E-state index contributed by atoms with van der Waals surface area (Å²) in [7, 11) is 3.12. The molecule has 16 nitrogen and oxygen atoms in total. The van der Waals surface area contributed by atoms with E-state index in [1.165, 1.54) is 4.68 Å². The van der Waals surface area contributed by atoms with Crippen LogP contribution in [0, 0.1) is 5.92 Å². The second-order valence-corrected chi connectivity index (χ2v) is 13.1. The van der Waals surface area contributed by atoms with Crippen LogP contribution in [-0.2, 0) is 27.3 Å². The van der Waals surface area contributed by atoms with Crippen LogP contribution in [0.1, 0.15) is 80.2 Å². The summed E-state index contributed by atoms with van der Waals surface area (Å²) in [5.41, 5.74) is 2.30. The van der Waals surface area contributed by atoms with Crippen LogP contribution in [-0.4, -0.2) is 98.4 Å². The van der Waals surface area contributed by atoms with Crippen molar-refractivity contribution in [1.82, 2.24) is 50.8 Å². The number of H-pyrrole nitrogens is 1. The van der Waals surface area contributed by atoms with Gasteiger partial charge in [-0.1, -0.05) is 32.4 Å². The summed E-state index contributed by atoms with van der Waals surface area (Å²) in [5.74, 6) is 0.549. The number of pyridine rings is 1. The summed E-state index contributed by atoms with van der Waals surface area (Å²) in [6, 6.07) is 11.2. The average molecular weight is 729 g/mol. The Morgan fingerprint density at radius 2 is 1.77 bits per heavy atom. The highest BCUT2D eigenvalue weighted by atomic mass is 16.5. The van der Waals surface area contributed by atoms with Crippen LogP contribution in [0.15, 0.2) is 48.7 Å². The third-order valence-corrected chi connectivity index (χ3v) is 9.19. The Bertz CT molecular complexity index is 1880. The van der Waals surface area contributed by atoms with Crippen molar-refractivity contribution < 1.29 is 28.7 Å². The van der Waals surface area contributed by atoms with Gasteiger partial charge in [-0.3, -0.25) is 29.3 Å². The number of amides is 4. The van der Waals surface area contributed by atoms with Gasteiger partial charge in [0.1, 0.15) is 29.8 Å². The molecule has 4 amide bonds. The Labute approximate surface area is 308 Å². The van der Waals surface area contributed by atoms with Crippen LogP contribution in [0.3, 0.4) is 0 Å². The summed E-state index contributed by atoms with van der Waals surface area (Å²) < 4.78 is 12.3. The number of rotatable bonds is 8. The molecular weight excluding hydrogens is 680 g/mol. The van der Waals surface area contributed by atoms with Crippen molar-refractivity contribution in [2.75, 3.05) is 33.9 Å². The number of aromatic nitrogens is 6. The molecule has 4 heterocycles. The van der Waals surface area contributed by atoms with Crippen molar-refractivity contribution >= 4 is 23.6 Å². The van der Waals surface area contributed by atoms with E-state index in [-0.39, 0.29) is 61.3 Å². The van der Waals surface area contributed by atoms with Crippen LogP contribution in [0.2, 0.25) is 0 Å². The Hall–Kier alpha value is -5.80. The Balaban J connectivity index is 1.37. The van der Waals surface area contributed by atoms with E-state index in [0.717, 1.165) is 5.56 Å². The van der Waals surface area contributed by atoms with Crippen molar-refractivity contribution in [3.8, 4) is 22.9 Å². The number of methoxy groups -OCH3 is 2. The minimum atomic E-state index is -0.813. The summed E-state index contributed by atoms with van der Waals surface area (Å²) in [4.78, 5) is 64.6. The van der Waals surface area contributed by atoms with Gasteiger partial charge in [0.2, 0.25) is 17.7 Å². The maximum atomic E-state index is 13.7. The standard InChI is InChI=1S/C37H48N10O6/c1-6-23(2)34-36(50)40-24(3)35-41-31(20-25-13-14-29(52-4)30(19-25)53-5)45-47(35)22-33(49)39-16-10-18-46(17-9-12-32(48)42-34)37(51)28-21-27(43-44-28)26-11-7-8-15-38-26/h7-8,11,13-15,19,21,23-24,34H,6,9-10,12,16-18,20,22H2,1-5H3,(H,39,49)(H,40,50)(H,42,48)(H,43,44)/t23-,24+,34-/m0/s1. The first-order valence-corrected chi connectivity index (χ1v) is 17.9. The van der Waals surface area contributed by atoms with Crippen molar-refractivity contribution in [3.63, 3.8) is 0 Å². The smallest absolute Gasteiger partial charge is 0.271 e. The molecule has 16 heteroatoms. The van der Waals surface area contributed by atoms with E-state index in [1.54, 1.807) is 56.5 Å². The molecule has 0 spiro atoms. The number of nitrogens with zero attached hydrogens (tertiary/aromatic N) is 6. The summed E-state index contributed by atoms with van der Waals surface area (Å²) in [6.45, 7) is 6.36. The van der Waals surface area contributed by atoms with Crippen LogP contribution in [0.4, 0.5) is 0 Å². The normalized spacial score (nSPS) is 18.4. The highest BCUT2D eigenvalue weighted by Gasteiger charge is 2.29. The molecule has 1 aliphatic rings. The summed E-state index contributed by atoms with van der Waals surface area (Å²) >= 11 is 0. The van der Waals surface area contributed by atoms with Gasteiger partial charge in [0.25, 0.3) is 5.91 Å². The minimum Gasteiger partial charge on any atom is -0.493 e. The summed E-state index contributed by atoms with van der Waals surface area (Å²) in [6.07, 6.45) is 3.55. The first-order valence-electron chi connectivity index (χ1n) is 17.9. The van der Waals surface area contributed by atoms with Crippen molar-refractivity contribution in [3.05, 3.63) is 71.6 Å². The molecule has 0 saturated heterocycles. The molecule has 3 atom stereocenters. The van der Waals surface area contributed by atoms with E-state index in [0.29, 0.717) is 66.8 Å². The fourth-order valence-corrected chi connectivity index (χ4v) is 6.09. The molecule has 282 valence electrons. The molecule has 0 fully saturated rings. The summed E-state index contributed by atoms with van der Waals surface area (Å²) in [5, 5.41) is 20.6. The lowest BCUT2D eigenvalue weighted by Gasteiger charge is -2.26. The zero-order valence-corrected chi connectivity index (χ0v) is 30.8. The molecule has 0 aliphatic carbocycles. The van der Waals surface area contributed by atoms with E-state index in [4.69, 9.17) is 14.5 Å². The second kappa shape index (κ2) is 18.1. The number of fused-ring (bicyclic) bond motifs is 1. The van der Waals surface area contributed by atoms with Crippen molar-refractivity contribution in [2.45, 2.75) is 71.5 Å². The fraction of sp³-hybridized carbons (Fsp3) is 0.459. The van der Waals surface area contributed by atoms with Gasteiger partial charge >= 0.3 is 0 Å². The first-order chi connectivity index (χ1) is 25.6. The highest BCUT2D eigenvalue weighted by Crippen LogP contribution is 2.28. The van der Waals surface area contributed by atoms with Gasteiger partial charge in [0.05, 0.1) is 26.0 Å². The number of nitrogens with one attached hydrogen (secondary N) is 4. The topological polar surface area (TPSA) is 198 Å². The lowest BCUT2D eigenvalue weighted by molar-refractivity contribution is -0.130. The molecule has 0 saturated carbocycles. The number of hydrogen-bond donors (Lipinski definition) is 4. The zero-order valence-electron chi connectivity index (χ0n) is 30.8. The van der Waals surface area contributed by atoms with Gasteiger partial charge in [0, 0.05) is 38.7 Å². The monoisotopic (exact) mass is 728 g/mol. The number of aromatic amines is 1. The number of carbonyl (C=O) groups excluding carboxylic acids is 4. The predicted octanol–water partition coefficient (Wildman–Crippen LogP) is 2.82. The zero-order chi connectivity index (χ0) is 37.9. The van der Waals surface area contributed by atoms with E-state index < -0.39 is 12.1 Å². The minimum absolute atomic E-state index is 0.103. The SMILES string of the molecule is CC[C@H](C)[C@@H]1NC(=O)CCCN(C(=O)c2cc(-c3ccccn3)n[nH]2)CCCNC(=O)Cn2nc(Cc3ccc(OC)c(OC)c3)nc2[C@@H](C)NC1=O. The first kappa shape index (κ1) is 38.4.